The summed E-state index contributed by atoms with van der Waals surface area (Å²) in [6.45, 7) is 8.74. The topological polar surface area (TPSA) is 46.6 Å². The van der Waals surface area contributed by atoms with Gasteiger partial charge < -0.3 is 4.74 Å². The summed E-state index contributed by atoms with van der Waals surface area (Å²) in [5, 5.41) is 0. The van der Waals surface area contributed by atoms with E-state index in [1.54, 1.807) is 11.8 Å². The molecule has 1 saturated carbocycles. The summed E-state index contributed by atoms with van der Waals surface area (Å²) in [5.74, 6) is -0.00207. The molecule has 0 aromatic rings. The van der Waals surface area contributed by atoms with E-state index in [0.29, 0.717) is 0 Å². The number of hydrogen-bond donors (Lipinski definition) is 0. The third-order valence-corrected chi connectivity index (χ3v) is 2.55. The van der Waals surface area contributed by atoms with Gasteiger partial charge in [0.1, 0.15) is 5.60 Å². The van der Waals surface area contributed by atoms with Crippen LogP contribution in [-0.2, 0) is 9.53 Å². The Morgan fingerprint density at radius 1 is 1.31 bits per heavy atom. The van der Waals surface area contributed by atoms with Crippen LogP contribution >= 0.6 is 0 Å². The lowest BCUT2D eigenvalue weighted by atomic mass is 10.2. The molecule has 1 unspecified atom stereocenters. The Kier molecular flexibility index (Phi) is 3.61. The van der Waals surface area contributed by atoms with Crippen molar-refractivity contribution in [2.45, 2.75) is 65.1 Å². The van der Waals surface area contributed by atoms with Crippen LogP contribution in [0.2, 0.25) is 0 Å². The first-order valence-electron chi connectivity index (χ1n) is 5.74. The van der Waals surface area contributed by atoms with Gasteiger partial charge in [-0.25, -0.2) is 4.79 Å². The molecular weight excluding hydrogens is 206 g/mol. The van der Waals surface area contributed by atoms with E-state index >= 15 is 0 Å². The Morgan fingerprint density at radius 3 is 2.12 bits per heavy atom. The normalized spacial score (nSPS) is 17.8. The van der Waals surface area contributed by atoms with Crippen LogP contribution in [-0.4, -0.2) is 34.5 Å². The van der Waals surface area contributed by atoms with Crippen LogP contribution in [0.3, 0.4) is 0 Å². The molecule has 16 heavy (non-hydrogen) atoms. The third kappa shape index (κ3) is 3.51. The molecule has 0 aromatic heterocycles. The first kappa shape index (κ1) is 13.0. The molecule has 0 heterocycles. The van der Waals surface area contributed by atoms with E-state index < -0.39 is 5.60 Å². The number of hydrogen-bond acceptors (Lipinski definition) is 3. The number of ether oxygens (including phenoxy) is 1. The lowest BCUT2D eigenvalue weighted by Gasteiger charge is -2.30. The number of ketones is 1. The molecular formula is C12H21NO3. The van der Waals surface area contributed by atoms with Gasteiger partial charge in [0.15, 0.2) is 5.78 Å². The fourth-order valence-corrected chi connectivity index (χ4v) is 1.49. The minimum atomic E-state index is -0.513. The summed E-state index contributed by atoms with van der Waals surface area (Å²) in [5.41, 5.74) is -0.513. The van der Waals surface area contributed by atoms with Gasteiger partial charge in [-0.1, -0.05) is 0 Å². The second-order valence-corrected chi connectivity index (χ2v) is 5.41. The second kappa shape index (κ2) is 4.44. The molecule has 4 heteroatoms. The monoisotopic (exact) mass is 227 g/mol. The van der Waals surface area contributed by atoms with Crippen molar-refractivity contribution < 1.29 is 14.3 Å². The number of nitrogens with zero attached hydrogens (tertiary/aromatic N) is 1. The van der Waals surface area contributed by atoms with Crippen LogP contribution in [0.15, 0.2) is 0 Å². The highest BCUT2D eigenvalue weighted by Gasteiger charge is 2.39. The summed E-state index contributed by atoms with van der Waals surface area (Å²) in [4.78, 5) is 24.9. The SMILES string of the molecule is CC(=O)C(C)N(C(=O)OC(C)(C)C)C1CC1. The van der Waals surface area contributed by atoms with Gasteiger partial charge in [0.25, 0.3) is 0 Å². The van der Waals surface area contributed by atoms with Crippen molar-refractivity contribution in [3.63, 3.8) is 0 Å². The smallest absolute Gasteiger partial charge is 0.411 e. The molecule has 1 fully saturated rings. The van der Waals surface area contributed by atoms with Crippen LogP contribution in [0.1, 0.15) is 47.5 Å². The molecule has 0 spiro atoms. The summed E-state index contributed by atoms with van der Waals surface area (Å²) in [6, 6.07) is -0.198. The predicted octanol–water partition coefficient (Wildman–Crippen LogP) is 2.36. The highest BCUT2D eigenvalue weighted by atomic mass is 16.6. The number of Topliss-reactive ketones (excluding diaryl/α,β-unsaturated/α-hetero) is 1. The molecule has 1 aliphatic rings. The van der Waals surface area contributed by atoms with Gasteiger partial charge in [-0.05, 0) is 47.5 Å². The standard InChI is InChI=1S/C12H21NO3/c1-8(9(2)14)13(10-6-7-10)11(15)16-12(3,4)5/h8,10H,6-7H2,1-5H3. The minimum absolute atomic E-state index is 0.00207. The van der Waals surface area contributed by atoms with Gasteiger partial charge in [-0.2, -0.15) is 0 Å². The maximum absolute atomic E-state index is 11.9. The largest absolute Gasteiger partial charge is 0.444 e. The van der Waals surface area contributed by atoms with E-state index in [1.165, 1.54) is 6.92 Å². The third-order valence-electron chi connectivity index (χ3n) is 2.55. The second-order valence-electron chi connectivity index (χ2n) is 5.41. The average Bonchev–Trinajstić information content (AvgIpc) is 2.84. The number of amides is 1. The maximum atomic E-state index is 11.9. The minimum Gasteiger partial charge on any atom is -0.444 e. The highest BCUT2D eigenvalue weighted by Crippen LogP contribution is 2.30. The first-order chi connectivity index (χ1) is 7.22. The summed E-state index contributed by atoms with van der Waals surface area (Å²) >= 11 is 0. The van der Waals surface area contributed by atoms with Crippen molar-refractivity contribution >= 4 is 11.9 Å². The molecule has 1 rings (SSSR count). The summed E-state index contributed by atoms with van der Waals surface area (Å²) in [7, 11) is 0. The van der Waals surface area contributed by atoms with Crippen molar-refractivity contribution in [1.82, 2.24) is 4.90 Å². The molecule has 0 N–H and O–H groups in total. The molecule has 0 aliphatic heterocycles. The van der Waals surface area contributed by atoms with Crippen molar-refractivity contribution in [3.8, 4) is 0 Å². The molecule has 0 saturated heterocycles. The van der Waals surface area contributed by atoms with Crippen LogP contribution in [0.5, 0.6) is 0 Å². The van der Waals surface area contributed by atoms with Gasteiger partial charge in [0.05, 0.1) is 6.04 Å². The Labute approximate surface area is 96.9 Å². The van der Waals surface area contributed by atoms with E-state index in [0.717, 1.165) is 12.8 Å². The molecule has 1 aliphatic carbocycles. The van der Waals surface area contributed by atoms with E-state index in [-0.39, 0.29) is 24.0 Å². The van der Waals surface area contributed by atoms with Crippen molar-refractivity contribution in [2.24, 2.45) is 0 Å². The van der Waals surface area contributed by atoms with Gasteiger partial charge in [-0.3, -0.25) is 9.69 Å². The van der Waals surface area contributed by atoms with Crippen molar-refractivity contribution in [2.75, 3.05) is 0 Å². The maximum Gasteiger partial charge on any atom is 0.411 e. The lowest BCUT2D eigenvalue weighted by molar-refractivity contribution is -0.121. The van der Waals surface area contributed by atoms with E-state index in [4.69, 9.17) is 4.74 Å². The fraction of sp³-hybridized carbons (Fsp3) is 0.833. The average molecular weight is 227 g/mol. The van der Waals surface area contributed by atoms with E-state index in [1.807, 2.05) is 20.8 Å². The molecule has 0 bridgehead atoms. The quantitative estimate of drug-likeness (QED) is 0.743. The Morgan fingerprint density at radius 2 is 1.81 bits per heavy atom. The Bertz CT molecular complexity index is 289. The highest BCUT2D eigenvalue weighted by molar-refractivity contribution is 5.85. The number of carbonyl (C=O) groups is 2. The van der Waals surface area contributed by atoms with Crippen LogP contribution in [0.4, 0.5) is 4.79 Å². The van der Waals surface area contributed by atoms with Gasteiger partial charge in [0.2, 0.25) is 0 Å². The van der Waals surface area contributed by atoms with Crippen molar-refractivity contribution in [3.05, 3.63) is 0 Å². The molecule has 4 nitrogen and oxygen atoms in total. The van der Waals surface area contributed by atoms with Gasteiger partial charge >= 0.3 is 6.09 Å². The van der Waals surface area contributed by atoms with Gasteiger partial charge in [0, 0.05) is 6.04 Å². The lowest BCUT2D eigenvalue weighted by Crippen LogP contribution is -2.46. The zero-order valence-corrected chi connectivity index (χ0v) is 10.7. The van der Waals surface area contributed by atoms with Crippen LogP contribution < -0.4 is 0 Å². The molecule has 1 atom stereocenters. The number of carbonyl (C=O) groups excluding carboxylic acids is 2. The van der Waals surface area contributed by atoms with Crippen LogP contribution in [0, 0.1) is 0 Å². The first-order valence-corrected chi connectivity index (χ1v) is 5.74. The Hall–Kier alpha value is -1.06. The summed E-state index contributed by atoms with van der Waals surface area (Å²) < 4.78 is 5.31. The molecule has 1 amide bonds. The zero-order valence-electron chi connectivity index (χ0n) is 10.7. The zero-order chi connectivity index (χ0) is 12.5. The van der Waals surface area contributed by atoms with E-state index in [2.05, 4.69) is 0 Å². The summed E-state index contributed by atoms with van der Waals surface area (Å²) in [6.07, 6.45) is 1.56. The molecule has 0 aromatic carbocycles. The van der Waals surface area contributed by atoms with E-state index in [9.17, 15) is 9.59 Å². The fourth-order valence-electron chi connectivity index (χ4n) is 1.49. The molecule has 92 valence electrons. The Balaban J connectivity index is 2.70. The van der Waals surface area contributed by atoms with Crippen molar-refractivity contribution in [1.29, 1.82) is 0 Å². The van der Waals surface area contributed by atoms with Crippen LogP contribution in [0.25, 0.3) is 0 Å². The van der Waals surface area contributed by atoms with Gasteiger partial charge in [-0.15, -0.1) is 0 Å². The predicted molar refractivity (Wildman–Crippen MR) is 61.2 cm³/mol. The number of rotatable bonds is 3. The molecule has 0 radical (unpaired) electrons.